The molecule has 1 heterocycles. The second-order valence-corrected chi connectivity index (χ2v) is 6.89. The first-order chi connectivity index (χ1) is 13.8. The quantitative estimate of drug-likeness (QED) is 0.695. The number of hydrogen-bond donors (Lipinski definition) is 2. The Morgan fingerprint density at radius 1 is 1.17 bits per heavy atom. The number of hydrogen-bond acceptors (Lipinski definition) is 5. The average molecular weight is 393 g/mol. The van der Waals surface area contributed by atoms with E-state index in [4.69, 9.17) is 4.74 Å². The summed E-state index contributed by atoms with van der Waals surface area (Å²) in [6.45, 7) is 4.34. The van der Waals surface area contributed by atoms with Crippen molar-refractivity contribution in [1.82, 2.24) is 14.9 Å². The van der Waals surface area contributed by atoms with E-state index in [9.17, 15) is 14.7 Å². The zero-order valence-electron chi connectivity index (χ0n) is 16.8. The molecule has 0 aliphatic rings. The molecule has 1 amide bonds. The Hall–Kier alpha value is -3.61. The molecular weight excluding hydrogens is 370 g/mol. The van der Waals surface area contributed by atoms with Crippen LogP contribution in [-0.2, 0) is 6.54 Å². The van der Waals surface area contributed by atoms with Gasteiger partial charge in [-0.25, -0.2) is 4.98 Å². The van der Waals surface area contributed by atoms with Crippen molar-refractivity contribution < 1.29 is 14.6 Å². The van der Waals surface area contributed by atoms with E-state index in [2.05, 4.69) is 9.97 Å². The van der Waals surface area contributed by atoms with Crippen LogP contribution in [0.1, 0.15) is 27.2 Å². The number of aromatic amines is 1. The molecule has 29 heavy (non-hydrogen) atoms. The van der Waals surface area contributed by atoms with Crippen molar-refractivity contribution in [2.75, 3.05) is 14.2 Å². The largest absolute Gasteiger partial charge is 0.501 e. The number of benzene rings is 2. The van der Waals surface area contributed by atoms with E-state index in [0.29, 0.717) is 17.9 Å². The van der Waals surface area contributed by atoms with Gasteiger partial charge in [0, 0.05) is 13.6 Å². The van der Waals surface area contributed by atoms with Crippen LogP contribution in [0.3, 0.4) is 0 Å². The molecule has 0 fully saturated rings. The van der Waals surface area contributed by atoms with Gasteiger partial charge in [0.2, 0.25) is 5.75 Å². The summed E-state index contributed by atoms with van der Waals surface area (Å²) < 4.78 is 5.30. The summed E-state index contributed by atoms with van der Waals surface area (Å²) in [6.07, 6.45) is 0. The minimum absolute atomic E-state index is 0.146. The molecule has 0 spiro atoms. The fourth-order valence-electron chi connectivity index (χ4n) is 3.01. The summed E-state index contributed by atoms with van der Waals surface area (Å²) in [5, 5.41) is 10.2. The van der Waals surface area contributed by atoms with Crippen molar-refractivity contribution in [3.8, 4) is 22.9 Å². The third kappa shape index (κ3) is 4.13. The summed E-state index contributed by atoms with van der Waals surface area (Å²) in [6, 6.07) is 12.9. The van der Waals surface area contributed by atoms with E-state index in [1.54, 1.807) is 31.3 Å². The highest BCUT2D eigenvalue weighted by molar-refractivity contribution is 5.95. The molecule has 0 radical (unpaired) electrons. The fraction of sp³-hybridized carbons (Fsp3) is 0.227. The first-order valence-electron chi connectivity index (χ1n) is 9.10. The van der Waals surface area contributed by atoms with Crippen molar-refractivity contribution in [2.24, 2.45) is 0 Å². The number of aryl methyl sites for hydroxylation is 2. The number of ether oxygens (including phenoxy) is 1. The molecule has 2 aromatic carbocycles. The summed E-state index contributed by atoms with van der Waals surface area (Å²) in [4.78, 5) is 33.3. The Morgan fingerprint density at radius 2 is 1.90 bits per heavy atom. The lowest BCUT2D eigenvalue weighted by Gasteiger charge is -2.18. The lowest BCUT2D eigenvalue weighted by Crippen LogP contribution is -2.29. The number of carbonyl (C=O) groups is 1. The van der Waals surface area contributed by atoms with E-state index >= 15 is 0 Å². The first-order valence-corrected chi connectivity index (χ1v) is 9.10. The van der Waals surface area contributed by atoms with Gasteiger partial charge in [0.15, 0.2) is 5.69 Å². The smallest absolute Gasteiger partial charge is 0.294 e. The standard InChI is InChI=1S/C22H23N3O4/c1-13-9-10-15(11-14(13)2)12-25(3)22(28)18-19(26)21(27)24-20(23-18)16-7-5-6-8-17(16)29-4/h5-11,26H,12H2,1-4H3,(H,23,24,27). The van der Waals surface area contributed by atoms with Crippen LogP contribution in [0, 0.1) is 13.8 Å². The maximum Gasteiger partial charge on any atom is 0.294 e. The average Bonchev–Trinajstić information content (AvgIpc) is 2.72. The maximum absolute atomic E-state index is 12.9. The van der Waals surface area contributed by atoms with Gasteiger partial charge in [-0.05, 0) is 42.7 Å². The summed E-state index contributed by atoms with van der Waals surface area (Å²) in [7, 11) is 3.10. The number of nitrogens with one attached hydrogen (secondary N) is 1. The van der Waals surface area contributed by atoms with Gasteiger partial charge >= 0.3 is 0 Å². The molecule has 1 aromatic heterocycles. The lowest BCUT2D eigenvalue weighted by molar-refractivity contribution is 0.0775. The van der Waals surface area contributed by atoms with Crippen molar-refractivity contribution in [2.45, 2.75) is 20.4 Å². The van der Waals surface area contributed by atoms with Crippen LogP contribution in [0.2, 0.25) is 0 Å². The molecule has 150 valence electrons. The van der Waals surface area contributed by atoms with E-state index < -0.39 is 17.2 Å². The topological polar surface area (TPSA) is 95.5 Å². The molecule has 7 nitrogen and oxygen atoms in total. The molecule has 0 saturated heterocycles. The number of methoxy groups -OCH3 is 1. The highest BCUT2D eigenvalue weighted by Gasteiger charge is 2.23. The van der Waals surface area contributed by atoms with Gasteiger partial charge in [0.1, 0.15) is 11.6 Å². The number of rotatable bonds is 5. The van der Waals surface area contributed by atoms with E-state index in [-0.39, 0.29) is 11.5 Å². The first kappa shape index (κ1) is 20.1. The van der Waals surface area contributed by atoms with E-state index in [1.165, 1.54) is 12.0 Å². The van der Waals surface area contributed by atoms with Crippen molar-refractivity contribution in [3.63, 3.8) is 0 Å². The molecule has 3 aromatic rings. The number of para-hydroxylation sites is 1. The predicted molar refractivity (Wildman–Crippen MR) is 110 cm³/mol. The molecule has 0 bridgehead atoms. The van der Waals surface area contributed by atoms with Crippen molar-refractivity contribution in [3.05, 3.63) is 75.2 Å². The van der Waals surface area contributed by atoms with E-state index in [0.717, 1.165) is 16.7 Å². The lowest BCUT2D eigenvalue weighted by atomic mass is 10.1. The third-order valence-corrected chi connectivity index (χ3v) is 4.80. The fourth-order valence-corrected chi connectivity index (χ4v) is 3.01. The van der Waals surface area contributed by atoms with Gasteiger partial charge < -0.3 is 19.7 Å². The van der Waals surface area contributed by atoms with Crippen molar-refractivity contribution in [1.29, 1.82) is 0 Å². The summed E-state index contributed by atoms with van der Waals surface area (Å²) in [5.41, 5.74) is 2.65. The number of amides is 1. The van der Waals surface area contributed by atoms with E-state index in [1.807, 2.05) is 32.0 Å². The van der Waals surface area contributed by atoms with Gasteiger partial charge in [-0.2, -0.15) is 0 Å². The van der Waals surface area contributed by atoms with Crippen LogP contribution < -0.4 is 10.3 Å². The molecule has 0 unspecified atom stereocenters. The van der Waals surface area contributed by atoms with Crippen LogP contribution in [0.4, 0.5) is 0 Å². The summed E-state index contributed by atoms with van der Waals surface area (Å²) in [5.74, 6) is -0.625. The number of H-pyrrole nitrogens is 1. The molecule has 0 aliphatic carbocycles. The van der Waals surface area contributed by atoms with Crippen LogP contribution in [-0.4, -0.2) is 40.0 Å². The molecule has 0 aliphatic heterocycles. The minimum atomic E-state index is -0.788. The maximum atomic E-state index is 12.9. The van der Waals surface area contributed by atoms with Gasteiger partial charge in [-0.1, -0.05) is 30.3 Å². The van der Waals surface area contributed by atoms with Gasteiger partial charge in [0.05, 0.1) is 12.7 Å². The molecule has 3 rings (SSSR count). The van der Waals surface area contributed by atoms with Crippen LogP contribution >= 0.6 is 0 Å². The Balaban J connectivity index is 1.96. The van der Waals surface area contributed by atoms with Crippen molar-refractivity contribution >= 4 is 5.91 Å². The van der Waals surface area contributed by atoms with Gasteiger partial charge in [-0.15, -0.1) is 0 Å². The second-order valence-electron chi connectivity index (χ2n) is 6.89. The van der Waals surface area contributed by atoms with Crippen LogP contribution in [0.15, 0.2) is 47.3 Å². The number of aromatic nitrogens is 2. The van der Waals surface area contributed by atoms with Gasteiger partial charge in [-0.3, -0.25) is 9.59 Å². The number of aromatic hydroxyl groups is 1. The highest BCUT2D eigenvalue weighted by Crippen LogP contribution is 2.27. The number of nitrogens with zero attached hydrogens (tertiary/aromatic N) is 2. The van der Waals surface area contributed by atoms with Crippen LogP contribution in [0.25, 0.3) is 11.4 Å². The monoisotopic (exact) mass is 393 g/mol. The highest BCUT2D eigenvalue weighted by atomic mass is 16.5. The Kier molecular flexibility index (Phi) is 5.68. The molecular formula is C22H23N3O4. The number of carbonyl (C=O) groups excluding carboxylic acids is 1. The second kappa shape index (κ2) is 8.18. The SMILES string of the molecule is COc1ccccc1-c1nc(C(=O)N(C)Cc2ccc(C)c(C)c2)c(O)c(=O)[nH]1. The van der Waals surface area contributed by atoms with Gasteiger partial charge in [0.25, 0.3) is 11.5 Å². The molecule has 7 heteroatoms. The Bertz CT molecular complexity index is 1120. The molecule has 0 atom stereocenters. The third-order valence-electron chi connectivity index (χ3n) is 4.80. The minimum Gasteiger partial charge on any atom is -0.501 e. The zero-order chi connectivity index (χ0) is 21.1. The predicted octanol–water partition coefficient (Wildman–Crippen LogP) is 3.04. The normalized spacial score (nSPS) is 10.6. The zero-order valence-corrected chi connectivity index (χ0v) is 16.8. The van der Waals surface area contributed by atoms with Crippen LogP contribution in [0.5, 0.6) is 11.5 Å². The Morgan fingerprint density at radius 3 is 2.59 bits per heavy atom. The Labute approximate surface area is 168 Å². The molecule has 0 saturated carbocycles. The summed E-state index contributed by atoms with van der Waals surface area (Å²) >= 11 is 0. The molecule has 2 N–H and O–H groups in total.